The second-order valence-electron chi connectivity index (χ2n) is 5.45. The fraction of sp³-hybridized carbons (Fsp3) is 0.316. The third-order valence-electron chi connectivity index (χ3n) is 3.69. The number of amides is 1. The molecule has 3 heteroatoms. The summed E-state index contributed by atoms with van der Waals surface area (Å²) in [4.78, 5) is 11.9. The first-order valence-corrected chi connectivity index (χ1v) is 7.83. The number of hydrogen-bond donors (Lipinski definition) is 1. The number of carbonyl (C=O) groups is 1. The van der Waals surface area contributed by atoms with Gasteiger partial charge in [0, 0.05) is 6.42 Å². The molecule has 0 unspecified atom stereocenters. The summed E-state index contributed by atoms with van der Waals surface area (Å²) in [5.41, 5.74) is 2.42. The van der Waals surface area contributed by atoms with Crippen molar-refractivity contribution in [3.8, 4) is 0 Å². The number of nitrogens with zero attached hydrogens (tertiary/aromatic N) is 1. The normalized spacial score (nSPS) is 10.4. The zero-order valence-corrected chi connectivity index (χ0v) is 12.8. The van der Waals surface area contributed by atoms with Gasteiger partial charge in [0.15, 0.2) is 0 Å². The molecule has 3 nitrogen and oxygen atoms in total. The second-order valence-corrected chi connectivity index (χ2v) is 5.45. The Labute approximate surface area is 132 Å². The van der Waals surface area contributed by atoms with E-state index in [-0.39, 0.29) is 5.91 Å². The van der Waals surface area contributed by atoms with Crippen molar-refractivity contribution in [1.29, 1.82) is 0 Å². The second kappa shape index (κ2) is 9.00. The molecule has 0 aliphatic carbocycles. The van der Waals surface area contributed by atoms with Crippen LogP contribution in [0.3, 0.4) is 0 Å². The van der Waals surface area contributed by atoms with Crippen LogP contribution in [0.5, 0.6) is 0 Å². The van der Waals surface area contributed by atoms with E-state index in [9.17, 15) is 10.0 Å². The predicted molar refractivity (Wildman–Crippen MR) is 87.6 cm³/mol. The molecular formula is C19H23NO2. The van der Waals surface area contributed by atoms with Gasteiger partial charge in [-0.25, -0.2) is 5.06 Å². The standard InChI is InChI=1S/C19H23NO2/c21-19(14-8-7-13-17-9-3-1-4-10-17)20(22)16-15-18-11-5-2-6-12-18/h1-6,9-12,22H,7-8,13-16H2. The summed E-state index contributed by atoms with van der Waals surface area (Å²) in [7, 11) is 0. The number of benzene rings is 2. The number of hydrogen-bond acceptors (Lipinski definition) is 2. The minimum absolute atomic E-state index is 0.191. The molecule has 0 heterocycles. The van der Waals surface area contributed by atoms with Gasteiger partial charge in [0.2, 0.25) is 5.91 Å². The quantitative estimate of drug-likeness (QED) is 0.456. The van der Waals surface area contributed by atoms with Gasteiger partial charge in [-0.3, -0.25) is 10.0 Å². The minimum Gasteiger partial charge on any atom is -0.286 e. The lowest BCUT2D eigenvalue weighted by Crippen LogP contribution is -2.29. The lowest BCUT2D eigenvalue weighted by atomic mass is 10.1. The highest BCUT2D eigenvalue weighted by Gasteiger charge is 2.10. The Balaban J connectivity index is 1.62. The summed E-state index contributed by atoms with van der Waals surface area (Å²) in [6, 6.07) is 20.1. The van der Waals surface area contributed by atoms with Crippen LogP contribution in [0.2, 0.25) is 0 Å². The SMILES string of the molecule is O=C(CCCCc1ccccc1)N(O)CCc1ccccc1. The highest BCUT2D eigenvalue weighted by atomic mass is 16.5. The molecule has 0 aromatic heterocycles. The van der Waals surface area contributed by atoms with E-state index in [1.54, 1.807) is 0 Å². The molecule has 0 fully saturated rings. The van der Waals surface area contributed by atoms with Crippen LogP contribution in [-0.4, -0.2) is 22.7 Å². The maximum atomic E-state index is 11.9. The van der Waals surface area contributed by atoms with Gasteiger partial charge >= 0.3 is 0 Å². The van der Waals surface area contributed by atoms with Crippen molar-refractivity contribution >= 4 is 5.91 Å². The zero-order valence-electron chi connectivity index (χ0n) is 12.8. The van der Waals surface area contributed by atoms with E-state index >= 15 is 0 Å². The summed E-state index contributed by atoms with van der Waals surface area (Å²) in [6.45, 7) is 0.349. The molecule has 22 heavy (non-hydrogen) atoms. The van der Waals surface area contributed by atoms with Gasteiger partial charge in [0.1, 0.15) is 0 Å². The zero-order chi connectivity index (χ0) is 15.6. The van der Waals surface area contributed by atoms with E-state index < -0.39 is 0 Å². The van der Waals surface area contributed by atoms with E-state index in [4.69, 9.17) is 0 Å². The Bertz CT molecular complexity index is 554. The van der Waals surface area contributed by atoms with Gasteiger partial charge in [0.05, 0.1) is 6.54 Å². The van der Waals surface area contributed by atoms with E-state index in [0.29, 0.717) is 19.4 Å². The largest absolute Gasteiger partial charge is 0.286 e. The van der Waals surface area contributed by atoms with Crippen molar-refractivity contribution in [3.05, 3.63) is 71.8 Å². The molecule has 0 spiro atoms. The lowest BCUT2D eigenvalue weighted by molar-refractivity contribution is -0.165. The number of rotatable bonds is 8. The van der Waals surface area contributed by atoms with E-state index in [2.05, 4.69) is 12.1 Å². The van der Waals surface area contributed by atoms with Crippen molar-refractivity contribution in [3.63, 3.8) is 0 Å². The van der Waals surface area contributed by atoms with Crippen molar-refractivity contribution in [2.75, 3.05) is 6.54 Å². The van der Waals surface area contributed by atoms with Crippen LogP contribution in [0.1, 0.15) is 30.4 Å². The lowest BCUT2D eigenvalue weighted by Gasteiger charge is -2.14. The third-order valence-corrected chi connectivity index (χ3v) is 3.69. The van der Waals surface area contributed by atoms with Crippen molar-refractivity contribution < 1.29 is 10.0 Å². The molecule has 0 aliphatic heterocycles. The van der Waals surface area contributed by atoms with E-state index in [0.717, 1.165) is 29.9 Å². The van der Waals surface area contributed by atoms with Crippen LogP contribution >= 0.6 is 0 Å². The fourth-order valence-electron chi connectivity index (χ4n) is 2.38. The Hall–Kier alpha value is -2.13. The summed E-state index contributed by atoms with van der Waals surface area (Å²) in [6.07, 6.45) is 3.81. The first-order valence-electron chi connectivity index (χ1n) is 7.83. The molecule has 0 atom stereocenters. The number of unbranched alkanes of at least 4 members (excludes halogenated alkanes) is 1. The number of hydroxylamine groups is 2. The molecule has 0 aliphatic rings. The molecule has 0 saturated heterocycles. The Kier molecular flexibility index (Phi) is 6.65. The third kappa shape index (κ3) is 5.70. The molecular weight excluding hydrogens is 274 g/mol. The molecule has 0 bridgehead atoms. The van der Waals surface area contributed by atoms with Gasteiger partial charge in [-0.1, -0.05) is 60.7 Å². The maximum Gasteiger partial charge on any atom is 0.245 e. The van der Waals surface area contributed by atoms with Crippen molar-refractivity contribution in [1.82, 2.24) is 5.06 Å². The summed E-state index contributed by atoms with van der Waals surface area (Å²) in [5, 5.41) is 10.6. The molecule has 116 valence electrons. The first-order chi connectivity index (χ1) is 10.8. The van der Waals surface area contributed by atoms with Gasteiger partial charge in [-0.2, -0.15) is 0 Å². The van der Waals surface area contributed by atoms with Crippen LogP contribution in [0.4, 0.5) is 0 Å². The maximum absolute atomic E-state index is 11.9. The van der Waals surface area contributed by atoms with Crippen molar-refractivity contribution in [2.45, 2.75) is 32.1 Å². The highest BCUT2D eigenvalue weighted by molar-refractivity contribution is 5.74. The van der Waals surface area contributed by atoms with Crippen LogP contribution in [0.25, 0.3) is 0 Å². The average molecular weight is 297 g/mol. The smallest absolute Gasteiger partial charge is 0.245 e. The topological polar surface area (TPSA) is 40.5 Å². The fourth-order valence-corrected chi connectivity index (χ4v) is 2.38. The van der Waals surface area contributed by atoms with Gasteiger partial charge in [-0.15, -0.1) is 0 Å². The molecule has 2 aromatic rings. The molecule has 1 amide bonds. The molecule has 2 aromatic carbocycles. The van der Waals surface area contributed by atoms with Gasteiger partial charge in [-0.05, 0) is 36.8 Å². The van der Waals surface area contributed by atoms with Crippen molar-refractivity contribution in [2.24, 2.45) is 0 Å². The van der Waals surface area contributed by atoms with Crippen LogP contribution in [0, 0.1) is 0 Å². The number of carbonyl (C=O) groups excluding carboxylic acids is 1. The Morgan fingerprint density at radius 1 is 0.818 bits per heavy atom. The average Bonchev–Trinajstić information content (AvgIpc) is 2.58. The first kappa shape index (κ1) is 16.2. The number of aryl methyl sites for hydroxylation is 1. The predicted octanol–water partition coefficient (Wildman–Crippen LogP) is 3.86. The molecule has 1 N–H and O–H groups in total. The Morgan fingerprint density at radius 2 is 1.36 bits per heavy atom. The minimum atomic E-state index is -0.191. The molecule has 0 radical (unpaired) electrons. The van der Waals surface area contributed by atoms with Gasteiger partial charge in [0.25, 0.3) is 0 Å². The summed E-state index contributed by atoms with van der Waals surface area (Å²) >= 11 is 0. The summed E-state index contributed by atoms with van der Waals surface area (Å²) < 4.78 is 0. The van der Waals surface area contributed by atoms with Crippen LogP contribution < -0.4 is 0 Å². The Morgan fingerprint density at radius 3 is 1.95 bits per heavy atom. The molecule has 2 rings (SSSR count). The van der Waals surface area contributed by atoms with Crippen LogP contribution in [-0.2, 0) is 17.6 Å². The molecule has 0 saturated carbocycles. The van der Waals surface area contributed by atoms with E-state index in [1.165, 1.54) is 5.56 Å². The monoisotopic (exact) mass is 297 g/mol. The highest BCUT2D eigenvalue weighted by Crippen LogP contribution is 2.08. The van der Waals surface area contributed by atoms with Crippen LogP contribution in [0.15, 0.2) is 60.7 Å². The van der Waals surface area contributed by atoms with Gasteiger partial charge < -0.3 is 0 Å². The summed E-state index contributed by atoms with van der Waals surface area (Å²) in [5.74, 6) is -0.191. The van der Waals surface area contributed by atoms with E-state index in [1.807, 2.05) is 48.5 Å².